The summed E-state index contributed by atoms with van der Waals surface area (Å²) in [6.07, 6.45) is 3.44. The van der Waals surface area contributed by atoms with Gasteiger partial charge in [0.1, 0.15) is 12.6 Å². The van der Waals surface area contributed by atoms with Crippen LogP contribution in [-0.4, -0.2) is 39.3 Å². The molecule has 4 rings (SSSR count). The average molecular weight is 466 g/mol. The highest BCUT2D eigenvalue weighted by atomic mass is 28.4. The molecular formula is C27H35NO4Si. The van der Waals surface area contributed by atoms with Gasteiger partial charge in [-0.15, -0.1) is 0 Å². The molecule has 0 heterocycles. The summed E-state index contributed by atoms with van der Waals surface area (Å²) < 4.78 is 12.3. The smallest absolute Gasteiger partial charge is 0.324 e. The molecule has 0 saturated heterocycles. The summed E-state index contributed by atoms with van der Waals surface area (Å²) in [5.41, 5.74) is 5.96. The quantitative estimate of drug-likeness (QED) is 0.431. The van der Waals surface area contributed by atoms with Gasteiger partial charge in [0, 0.05) is 17.9 Å². The Bertz CT molecular complexity index is 939. The molecule has 2 aromatic carbocycles. The fourth-order valence-electron chi connectivity index (χ4n) is 4.72. The monoisotopic (exact) mass is 465 g/mol. The topological polar surface area (TPSA) is 78.6 Å². The van der Waals surface area contributed by atoms with Crippen molar-refractivity contribution < 1.29 is 18.8 Å². The predicted octanol–water partition coefficient (Wildman–Crippen LogP) is 3.19. The molecule has 2 N–H and O–H groups in total. The molecule has 0 spiro atoms. The molecule has 0 aliphatic heterocycles. The summed E-state index contributed by atoms with van der Waals surface area (Å²) in [6, 6.07) is 20.1. The lowest BCUT2D eigenvalue weighted by molar-refractivity contribution is -0.151. The first kappa shape index (κ1) is 23.9. The molecule has 0 aromatic heterocycles. The van der Waals surface area contributed by atoms with E-state index in [2.05, 4.69) is 69.3 Å². The van der Waals surface area contributed by atoms with Crippen molar-refractivity contribution in [1.82, 2.24) is 0 Å². The Morgan fingerprint density at radius 1 is 1.00 bits per heavy atom. The molecule has 0 radical (unpaired) electrons. The van der Waals surface area contributed by atoms with E-state index in [0.29, 0.717) is 6.61 Å². The predicted molar refractivity (Wildman–Crippen MR) is 132 cm³/mol. The number of ketones is 1. The standard InChI is InChI=1S/C27H35NO4Si/c1-26(2,3)33(21-10-6-4-7-11-21,22-12-8-5-9-13-22)32-19-27(16-17-27)24(28)25(30)31-18-23(29)20-14-15-20/h4-13,20,24H,14-19,28H2,1-3H3. The van der Waals surface area contributed by atoms with Crippen molar-refractivity contribution in [3.8, 4) is 0 Å². The van der Waals surface area contributed by atoms with Crippen molar-refractivity contribution in [1.29, 1.82) is 0 Å². The van der Waals surface area contributed by atoms with Crippen LogP contribution in [0.4, 0.5) is 0 Å². The number of hydrogen-bond donors (Lipinski definition) is 1. The van der Waals surface area contributed by atoms with Gasteiger partial charge in [-0.1, -0.05) is 81.4 Å². The van der Waals surface area contributed by atoms with E-state index in [-0.39, 0.29) is 23.3 Å². The molecule has 2 saturated carbocycles. The number of ether oxygens (including phenoxy) is 1. The fourth-order valence-corrected chi connectivity index (χ4v) is 9.38. The van der Waals surface area contributed by atoms with Crippen LogP contribution in [0.15, 0.2) is 60.7 Å². The van der Waals surface area contributed by atoms with Crippen molar-refractivity contribution in [2.75, 3.05) is 13.2 Å². The lowest BCUT2D eigenvalue weighted by atomic mass is 9.99. The number of Topliss-reactive ketones (excluding diaryl/α,β-unsaturated/α-hetero) is 1. The van der Waals surface area contributed by atoms with Crippen LogP contribution in [0, 0.1) is 11.3 Å². The Morgan fingerprint density at radius 2 is 1.52 bits per heavy atom. The van der Waals surface area contributed by atoms with Crippen LogP contribution in [0.2, 0.25) is 5.04 Å². The van der Waals surface area contributed by atoms with E-state index in [1.165, 1.54) is 10.4 Å². The third kappa shape index (κ3) is 4.83. The fraction of sp³-hybridized carbons (Fsp3) is 0.481. The second-order valence-electron chi connectivity index (χ2n) is 10.6. The van der Waals surface area contributed by atoms with Gasteiger partial charge in [-0.25, -0.2) is 0 Å². The van der Waals surface area contributed by atoms with Crippen LogP contribution in [-0.2, 0) is 18.8 Å². The van der Waals surface area contributed by atoms with Crippen molar-refractivity contribution in [3.05, 3.63) is 60.7 Å². The molecule has 176 valence electrons. The second kappa shape index (κ2) is 9.16. The Morgan fingerprint density at radius 3 is 1.94 bits per heavy atom. The van der Waals surface area contributed by atoms with Crippen molar-refractivity contribution >= 4 is 30.4 Å². The van der Waals surface area contributed by atoms with E-state index >= 15 is 0 Å². The first-order valence-corrected chi connectivity index (χ1v) is 13.8. The third-order valence-corrected chi connectivity index (χ3v) is 12.2. The number of carbonyl (C=O) groups excluding carboxylic acids is 2. The van der Waals surface area contributed by atoms with E-state index in [9.17, 15) is 9.59 Å². The lowest BCUT2D eigenvalue weighted by Gasteiger charge is -2.44. The Kier molecular flexibility index (Phi) is 6.63. The molecule has 1 unspecified atom stereocenters. The number of nitrogens with two attached hydrogens (primary N) is 1. The highest BCUT2D eigenvalue weighted by Gasteiger charge is 2.56. The minimum absolute atomic E-state index is 0.00367. The van der Waals surface area contributed by atoms with E-state index in [0.717, 1.165) is 25.7 Å². The number of benzene rings is 2. The number of esters is 1. The second-order valence-corrected chi connectivity index (χ2v) is 14.9. The Hall–Kier alpha value is -2.28. The van der Waals surface area contributed by atoms with E-state index in [1.807, 2.05) is 12.1 Å². The van der Waals surface area contributed by atoms with Gasteiger partial charge < -0.3 is 14.9 Å². The van der Waals surface area contributed by atoms with Gasteiger partial charge in [-0.05, 0) is 41.1 Å². The van der Waals surface area contributed by atoms with Gasteiger partial charge in [-0.3, -0.25) is 9.59 Å². The summed E-state index contributed by atoms with van der Waals surface area (Å²) >= 11 is 0. The van der Waals surface area contributed by atoms with Crippen LogP contribution in [0.3, 0.4) is 0 Å². The highest BCUT2D eigenvalue weighted by molar-refractivity contribution is 6.99. The normalized spacial score (nSPS) is 18.4. The zero-order chi connectivity index (χ0) is 23.7. The van der Waals surface area contributed by atoms with Crippen LogP contribution < -0.4 is 16.1 Å². The van der Waals surface area contributed by atoms with Gasteiger partial charge in [-0.2, -0.15) is 0 Å². The zero-order valence-corrected chi connectivity index (χ0v) is 20.9. The molecule has 2 aliphatic carbocycles. The van der Waals surface area contributed by atoms with E-state index < -0.39 is 25.7 Å². The highest BCUT2D eigenvalue weighted by Crippen LogP contribution is 2.50. The third-order valence-electron chi connectivity index (χ3n) is 7.19. The summed E-state index contributed by atoms with van der Waals surface area (Å²) in [5, 5.41) is 2.25. The van der Waals surface area contributed by atoms with Gasteiger partial charge in [0.05, 0.1) is 0 Å². The molecule has 0 amide bonds. The lowest BCUT2D eigenvalue weighted by Crippen LogP contribution is -2.67. The summed E-state index contributed by atoms with van der Waals surface area (Å²) in [5.74, 6) is -0.418. The van der Waals surface area contributed by atoms with Crippen molar-refractivity contribution in [2.45, 2.75) is 57.5 Å². The van der Waals surface area contributed by atoms with Gasteiger partial charge in [0.15, 0.2) is 5.78 Å². The maximum absolute atomic E-state index is 12.7. The van der Waals surface area contributed by atoms with Gasteiger partial charge in [0.25, 0.3) is 8.32 Å². The molecule has 6 heteroatoms. The van der Waals surface area contributed by atoms with Gasteiger partial charge in [0.2, 0.25) is 0 Å². The molecule has 2 aliphatic rings. The minimum atomic E-state index is -2.70. The Labute approximate surface area is 197 Å². The van der Waals surface area contributed by atoms with E-state index in [4.69, 9.17) is 14.9 Å². The number of carbonyl (C=O) groups is 2. The zero-order valence-electron chi connectivity index (χ0n) is 19.9. The average Bonchev–Trinajstić information content (AvgIpc) is 3.72. The summed E-state index contributed by atoms with van der Waals surface area (Å²) in [7, 11) is -2.70. The molecule has 2 fully saturated rings. The first-order valence-electron chi connectivity index (χ1n) is 11.9. The first-order chi connectivity index (χ1) is 15.7. The van der Waals surface area contributed by atoms with Crippen LogP contribution in [0.5, 0.6) is 0 Å². The van der Waals surface area contributed by atoms with Crippen LogP contribution in [0.25, 0.3) is 0 Å². The molecule has 1 atom stereocenters. The van der Waals surface area contributed by atoms with Gasteiger partial charge >= 0.3 is 5.97 Å². The molecule has 2 aromatic rings. The molecular weight excluding hydrogens is 430 g/mol. The Balaban J connectivity index is 1.57. The number of rotatable bonds is 10. The maximum atomic E-state index is 12.7. The number of hydrogen-bond acceptors (Lipinski definition) is 5. The molecule has 0 bridgehead atoms. The SMILES string of the molecule is CC(C)(C)[Si](OCC1(C(N)C(=O)OCC(=O)C2CC2)CC1)(c1ccccc1)c1ccccc1. The van der Waals surface area contributed by atoms with E-state index in [1.54, 1.807) is 0 Å². The largest absolute Gasteiger partial charge is 0.456 e. The summed E-state index contributed by atoms with van der Waals surface area (Å²) in [6.45, 7) is 6.93. The van der Waals surface area contributed by atoms with Crippen molar-refractivity contribution in [2.24, 2.45) is 17.1 Å². The maximum Gasteiger partial charge on any atom is 0.324 e. The molecule has 5 nitrogen and oxygen atoms in total. The van der Waals surface area contributed by atoms with Crippen LogP contribution in [0.1, 0.15) is 46.5 Å². The van der Waals surface area contributed by atoms with Crippen molar-refractivity contribution in [3.63, 3.8) is 0 Å². The summed E-state index contributed by atoms with van der Waals surface area (Å²) in [4.78, 5) is 24.6. The minimum Gasteiger partial charge on any atom is -0.456 e. The van der Waals surface area contributed by atoms with Crippen LogP contribution >= 0.6 is 0 Å². The molecule has 33 heavy (non-hydrogen) atoms.